The lowest BCUT2D eigenvalue weighted by atomic mass is 10.0. The molecule has 0 radical (unpaired) electrons. The summed E-state index contributed by atoms with van der Waals surface area (Å²) in [6.45, 7) is 0.941. The number of nitrogens with one attached hydrogen (secondary N) is 1. The van der Waals surface area contributed by atoms with Gasteiger partial charge in [-0.3, -0.25) is 0 Å². The molecular weight excluding hydrogens is 184 g/mol. The lowest BCUT2D eigenvalue weighted by molar-refractivity contribution is 0.432. The zero-order chi connectivity index (χ0) is 9.10. The molecule has 1 heterocycles. The Morgan fingerprint density at radius 2 is 2.23 bits per heavy atom. The normalized spacial score (nSPS) is 18.2. The standard InChI is InChI=1S/C8H14N4S/c13-8-9-10-11-12(8)6-5-7-3-1-2-4-7/h7H,1-6H2,(H,9,11,13). The first-order valence-corrected chi connectivity index (χ1v) is 5.25. The van der Waals surface area contributed by atoms with E-state index in [1.165, 1.54) is 32.1 Å². The highest BCUT2D eigenvalue weighted by Crippen LogP contribution is 2.27. The molecule has 1 fully saturated rings. The van der Waals surface area contributed by atoms with Gasteiger partial charge in [0.05, 0.1) is 0 Å². The van der Waals surface area contributed by atoms with Gasteiger partial charge in [0, 0.05) is 6.54 Å². The minimum absolute atomic E-state index is 0.568. The van der Waals surface area contributed by atoms with Crippen molar-refractivity contribution in [3.63, 3.8) is 0 Å². The third-order valence-electron chi connectivity index (χ3n) is 2.77. The van der Waals surface area contributed by atoms with Gasteiger partial charge in [-0.05, 0) is 24.6 Å². The molecule has 5 heteroatoms. The van der Waals surface area contributed by atoms with E-state index in [1.54, 1.807) is 0 Å². The van der Waals surface area contributed by atoms with E-state index in [1.807, 2.05) is 4.68 Å². The molecule has 0 bridgehead atoms. The van der Waals surface area contributed by atoms with Crippen LogP contribution in [0, 0.1) is 10.7 Å². The highest BCUT2D eigenvalue weighted by molar-refractivity contribution is 7.71. The van der Waals surface area contributed by atoms with Gasteiger partial charge in [-0.15, -0.1) is 0 Å². The SMILES string of the molecule is S=c1nn[nH]n1CCC1CCCC1. The van der Waals surface area contributed by atoms with Crippen molar-refractivity contribution >= 4 is 12.2 Å². The van der Waals surface area contributed by atoms with Crippen molar-refractivity contribution in [1.29, 1.82) is 0 Å². The average Bonchev–Trinajstić information content (AvgIpc) is 2.72. The van der Waals surface area contributed by atoms with E-state index in [9.17, 15) is 0 Å². The van der Waals surface area contributed by atoms with Gasteiger partial charge in [0.2, 0.25) is 4.77 Å². The Labute approximate surface area is 82.3 Å². The van der Waals surface area contributed by atoms with Gasteiger partial charge in [-0.2, -0.15) is 5.21 Å². The summed E-state index contributed by atoms with van der Waals surface area (Å²) in [7, 11) is 0. The fourth-order valence-electron chi connectivity index (χ4n) is 1.97. The summed E-state index contributed by atoms with van der Waals surface area (Å²) in [5.41, 5.74) is 0. The molecule has 13 heavy (non-hydrogen) atoms. The second-order valence-corrected chi connectivity index (χ2v) is 4.04. The first-order chi connectivity index (χ1) is 6.36. The lowest BCUT2D eigenvalue weighted by Crippen LogP contribution is -2.05. The van der Waals surface area contributed by atoms with Crippen LogP contribution in [-0.4, -0.2) is 20.2 Å². The molecule has 0 atom stereocenters. The highest BCUT2D eigenvalue weighted by atomic mass is 32.1. The smallest absolute Gasteiger partial charge is 0.238 e. The molecular formula is C8H14N4S. The summed E-state index contributed by atoms with van der Waals surface area (Å²) in [6.07, 6.45) is 6.77. The number of tetrazole rings is 1. The first kappa shape index (κ1) is 8.87. The predicted octanol–water partition coefficient (Wildman–Crippen LogP) is 1.92. The summed E-state index contributed by atoms with van der Waals surface area (Å²) < 4.78 is 2.41. The maximum absolute atomic E-state index is 4.98. The topological polar surface area (TPSA) is 46.5 Å². The number of aryl methyl sites for hydroxylation is 1. The van der Waals surface area contributed by atoms with Crippen LogP contribution in [0.25, 0.3) is 0 Å². The number of aromatic nitrogens is 4. The van der Waals surface area contributed by atoms with Crippen LogP contribution in [0.2, 0.25) is 0 Å². The zero-order valence-corrected chi connectivity index (χ0v) is 8.39. The number of aromatic amines is 1. The molecule has 1 aromatic heterocycles. The van der Waals surface area contributed by atoms with Crippen LogP contribution in [0.5, 0.6) is 0 Å². The van der Waals surface area contributed by atoms with E-state index in [0.29, 0.717) is 4.77 Å². The summed E-state index contributed by atoms with van der Waals surface area (Å²) in [4.78, 5) is 0. The summed E-state index contributed by atoms with van der Waals surface area (Å²) >= 11 is 4.98. The molecule has 1 aliphatic carbocycles. The van der Waals surface area contributed by atoms with E-state index in [-0.39, 0.29) is 0 Å². The summed E-state index contributed by atoms with van der Waals surface area (Å²) in [5.74, 6) is 0.894. The second kappa shape index (κ2) is 4.00. The van der Waals surface area contributed by atoms with E-state index < -0.39 is 0 Å². The summed E-state index contributed by atoms with van der Waals surface area (Å²) in [5, 5.41) is 10.2. The molecule has 1 aliphatic rings. The van der Waals surface area contributed by atoms with Crippen molar-refractivity contribution in [2.75, 3.05) is 0 Å². The number of hydrogen-bond acceptors (Lipinski definition) is 3. The van der Waals surface area contributed by atoms with Crippen molar-refractivity contribution in [2.24, 2.45) is 5.92 Å². The van der Waals surface area contributed by atoms with Gasteiger partial charge < -0.3 is 0 Å². The van der Waals surface area contributed by atoms with Crippen molar-refractivity contribution in [1.82, 2.24) is 20.2 Å². The lowest BCUT2D eigenvalue weighted by Gasteiger charge is -2.07. The molecule has 2 rings (SSSR count). The predicted molar refractivity (Wildman–Crippen MR) is 51.8 cm³/mol. The third-order valence-corrected chi connectivity index (χ3v) is 3.07. The van der Waals surface area contributed by atoms with Crippen LogP contribution in [0.15, 0.2) is 0 Å². The number of hydrogen-bond donors (Lipinski definition) is 1. The Morgan fingerprint density at radius 3 is 2.85 bits per heavy atom. The Bertz CT molecular complexity index is 310. The van der Waals surface area contributed by atoms with Crippen LogP contribution in [0.1, 0.15) is 32.1 Å². The quantitative estimate of drug-likeness (QED) is 0.755. The van der Waals surface area contributed by atoms with Gasteiger partial charge >= 0.3 is 0 Å². The maximum atomic E-state index is 4.98. The minimum Gasteiger partial charge on any atom is -0.242 e. The molecule has 1 aromatic rings. The zero-order valence-electron chi connectivity index (χ0n) is 7.57. The van der Waals surface area contributed by atoms with Gasteiger partial charge in [-0.25, -0.2) is 4.68 Å². The molecule has 4 nitrogen and oxygen atoms in total. The van der Waals surface area contributed by atoms with Crippen molar-refractivity contribution in [2.45, 2.75) is 38.6 Å². The molecule has 0 unspecified atom stereocenters. The number of rotatable bonds is 3. The molecule has 0 spiro atoms. The van der Waals surface area contributed by atoms with Crippen molar-refractivity contribution < 1.29 is 0 Å². The van der Waals surface area contributed by atoms with Crippen LogP contribution < -0.4 is 0 Å². The minimum atomic E-state index is 0.568. The fraction of sp³-hybridized carbons (Fsp3) is 0.875. The van der Waals surface area contributed by atoms with Gasteiger partial charge in [-0.1, -0.05) is 36.0 Å². The van der Waals surface area contributed by atoms with E-state index in [4.69, 9.17) is 12.2 Å². The molecule has 0 amide bonds. The Morgan fingerprint density at radius 1 is 1.46 bits per heavy atom. The van der Waals surface area contributed by atoms with E-state index in [2.05, 4.69) is 15.5 Å². The Balaban J connectivity index is 1.85. The molecule has 0 aromatic carbocycles. The van der Waals surface area contributed by atoms with Crippen LogP contribution in [0.4, 0.5) is 0 Å². The number of H-pyrrole nitrogens is 1. The van der Waals surface area contributed by atoms with Gasteiger partial charge in [0.25, 0.3) is 0 Å². The van der Waals surface area contributed by atoms with Crippen LogP contribution in [0.3, 0.4) is 0 Å². The van der Waals surface area contributed by atoms with E-state index in [0.717, 1.165) is 12.5 Å². The Hall–Kier alpha value is -0.710. The fourth-order valence-corrected chi connectivity index (χ4v) is 2.15. The second-order valence-electron chi connectivity index (χ2n) is 3.67. The van der Waals surface area contributed by atoms with Crippen molar-refractivity contribution in [3.8, 4) is 0 Å². The monoisotopic (exact) mass is 198 g/mol. The molecule has 1 N–H and O–H groups in total. The van der Waals surface area contributed by atoms with E-state index >= 15 is 0 Å². The van der Waals surface area contributed by atoms with Gasteiger partial charge in [0.1, 0.15) is 0 Å². The Kier molecular flexibility index (Phi) is 2.73. The molecule has 0 aliphatic heterocycles. The van der Waals surface area contributed by atoms with Gasteiger partial charge in [0.15, 0.2) is 0 Å². The number of nitrogens with zero attached hydrogens (tertiary/aromatic N) is 3. The maximum Gasteiger partial charge on any atom is 0.238 e. The molecule has 1 saturated carbocycles. The summed E-state index contributed by atoms with van der Waals surface area (Å²) in [6, 6.07) is 0. The molecule has 72 valence electrons. The highest BCUT2D eigenvalue weighted by Gasteiger charge is 2.14. The first-order valence-electron chi connectivity index (χ1n) is 4.84. The molecule has 0 saturated heterocycles. The third kappa shape index (κ3) is 2.15. The van der Waals surface area contributed by atoms with Crippen LogP contribution in [-0.2, 0) is 6.54 Å². The van der Waals surface area contributed by atoms with Crippen LogP contribution >= 0.6 is 12.2 Å². The van der Waals surface area contributed by atoms with Crippen molar-refractivity contribution in [3.05, 3.63) is 4.77 Å². The largest absolute Gasteiger partial charge is 0.242 e. The average molecular weight is 198 g/mol.